The van der Waals surface area contributed by atoms with Gasteiger partial charge in [-0.15, -0.1) is 0 Å². The highest BCUT2D eigenvalue weighted by molar-refractivity contribution is 5.95. The van der Waals surface area contributed by atoms with Crippen molar-refractivity contribution in [1.82, 2.24) is 14.7 Å². The normalized spacial score (nSPS) is 17.0. The maximum Gasteiger partial charge on any atom is 0.410 e. The Hall–Kier alpha value is -3.30. The minimum atomic E-state index is -0.579. The van der Waals surface area contributed by atoms with Crippen LogP contribution in [0.5, 0.6) is 11.5 Å². The average molecular weight is 626 g/mol. The van der Waals surface area contributed by atoms with Gasteiger partial charge in [0, 0.05) is 70.5 Å². The third kappa shape index (κ3) is 10.9. The number of methoxy groups -OCH3 is 2. The molecule has 45 heavy (non-hydrogen) atoms. The lowest BCUT2D eigenvalue weighted by Crippen LogP contribution is -2.47. The molecule has 250 valence electrons. The average Bonchev–Trinajstić information content (AvgIpc) is 3.36. The first-order chi connectivity index (χ1) is 21.3. The molecule has 0 unspecified atom stereocenters. The van der Waals surface area contributed by atoms with Gasteiger partial charge in [0.25, 0.3) is 5.91 Å². The van der Waals surface area contributed by atoms with Crippen LogP contribution in [0, 0.1) is 11.8 Å². The molecule has 9 nitrogen and oxygen atoms in total. The fourth-order valence-corrected chi connectivity index (χ4v) is 5.74. The van der Waals surface area contributed by atoms with Gasteiger partial charge in [0.05, 0.1) is 13.7 Å². The van der Waals surface area contributed by atoms with Crippen molar-refractivity contribution in [2.75, 3.05) is 53.6 Å². The molecule has 1 heterocycles. The van der Waals surface area contributed by atoms with Gasteiger partial charge in [-0.05, 0) is 84.1 Å². The van der Waals surface area contributed by atoms with Crippen molar-refractivity contribution >= 4 is 12.0 Å². The highest BCUT2D eigenvalue weighted by atomic mass is 16.6. The molecule has 0 aromatic heterocycles. The van der Waals surface area contributed by atoms with E-state index in [2.05, 4.69) is 43.0 Å². The molecule has 1 fully saturated rings. The molecule has 2 aromatic rings. The van der Waals surface area contributed by atoms with E-state index in [4.69, 9.17) is 18.9 Å². The van der Waals surface area contributed by atoms with Gasteiger partial charge in [0.1, 0.15) is 5.60 Å². The predicted octanol–water partition coefficient (Wildman–Crippen LogP) is 6.35. The van der Waals surface area contributed by atoms with E-state index in [1.54, 1.807) is 32.4 Å². The van der Waals surface area contributed by atoms with E-state index in [1.165, 1.54) is 5.56 Å². The topological polar surface area (TPSA) is 80.8 Å². The largest absolute Gasteiger partial charge is 0.493 e. The molecule has 0 radical (unpaired) electrons. The van der Waals surface area contributed by atoms with Gasteiger partial charge in [-0.3, -0.25) is 9.69 Å². The van der Waals surface area contributed by atoms with Crippen molar-refractivity contribution in [3.05, 3.63) is 59.7 Å². The Labute approximate surface area is 270 Å². The third-order valence-corrected chi connectivity index (χ3v) is 8.06. The molecular formula is C36H55N3O6. The minimum Gasteiger partial charge on any atom is -0.493 e. The molecule has 3 rings (SSSR count). The summed E-state index contributed by atoms with van der Waals surface area (Å²) in [6.45, 7) is 18.5. The quantitative estimate of drug-likeness (QED) is 0.213. The minimum absolute atomic E-state index is 0.0203. The van der Waals surface area contributed by atoms with Crippen LogP contribution in [0.2, 0.25) is 0 Å². The van der Waals surface area contributed by atoms with Crippen molar-refractivity contribution in [3.63, 3.8) is 0 Å². The number of benzene rings is 2. The van der Waals surface area contributed by atoms with Gasteiger partial charge >= 0.3 is 6.09 Å². The van der Waals surface area contributed by atoms with Crippen LogP contribution in [0.15, 0.2) is 48.5 Å². The second kappa shape index (κ2) is 16.9. The molecule has 2 amide bonds. The van der Waals surface area contributed by atoms with E-state index in [9.17, 15) is 9.59 Å². The van der Waals surface area contributed by atoms with Crippen LogP contribution < -0.4 is 9.47 Å². The van der Waals surface area contributed by atoms with Crippen LogP contribution in [0.1, 0.15) is 70.8 Å². The van der Waals surface area contributed by atoms with Crippen LogP contribution in [0.4, 0.5) is 4.79 Å². The monoisotopic (exact) mass is 625 g/mol. The number of hydrogen-bond acceptors (Lipinski definition) is 7. The summed E-state index contributed by atoms with van der Waals surface area (Å²) in [6, 6.07) is 15.8. The number of ether oxygens (including phenoxy) is 4. The Morgan fingerprint density at radius 1 is 0.867 bits per heavy atom. The summed E-state index contributed by atoms with van der Waals surface area (Å²) in [5, 5.41) is 0. The zero-order valence-corrected chi connectivity index (χ0v) is 28.9. The molecule has 0 spiro atoms. The lowest BCUT2D eigenvalue weighted by Gasteiger charge is -2.35. The van der Waals surface area contributed by atoms with Crippen molar-refractivity contribution in [3.8, 4) is 11.5 Å². The Morgan fingerprint density at radius 3 is 2.04 bits per heavy atom. The Kier molecular flexibility index (Phi) is 13.5. The molecule has 0 saturated carbocycles. The Balaban J connectivity index is 1.86. The van der Waals surface area contributed by atoms with Gasteiger partial charge in [-0.2, -0.15) is 0 Å². The Morgan fingerprint density at radius 2 is 1.49 bits per heavy atom. The van der Waals surface area contributed by atoms with E-state index in [-0.39, 0.29) is 35.9 Å². The molecule has 2 atom stereocenters. The summed E-state index contributed by atoms with van der Waals surface area (Å²) in [7, 11) is 3.26. The fourth-order valence-electron chi connectivity index (χ4n) is 5.74. The number of amides is 2. The first kappa shape index (κ1) is 36.2. The predicted molar refractivity (Wildman–Crippen MR) is 178 cm³/mol. The fraction of sp³-hybridized carbons (Fsp3) is 0.611. The van der Waals surface area contributed by atoms with E-state index in [0.29, 0.717) is 43.4 Å². The molecule has 0 aliphatic carbocycles. The molecule has 9 heteroatoms. The summed E-state index contributed by atoms with van der Waals surface area (Å²) in [6.07, 6.45) is 0.431. The van der Waals surface area contributed by atoms with Gasteiger partial charge in [-0.25, -0.2) is 4.79 Å². The van der Waals surface area contributed by atoms with Crippen LogP contribution in [-0.2, 0) is 16.0 Å². The number of rotatable bonds is 15. The van der Waals surface area contributed by atoms with E-state index >= 15 is 0 Å². The van der Waals surface area contributed by atoms with Crippen LogP contribution in [-0.4, -0.2) is 98.0 Å². The molecule has 0 bridgehead atoms. The van der Waals surface area contributed by atoms with Crippen LogP contribution >= 0.6 is 0 Å². The van der Waals surface area contributed by atoms with Gasteiger partial charge in [0.15, 0.2) is 11.5 Å². The van der Waals surface area contributed by atoms with Gasteiger partial charge in [-0.1, -0.05) is 30.3 Å². The summed E-state index contributed by atoms with van der Waals surface area (Å²) < 4.78 is 22.4. The summed E-state index contributed by atoms with van der Waals surface area (Å²) >= 11 is 0. The van der Waals surface area contributed by atoms with Crippen molar-refractivity contribution in [2.45, 2.75) is 79.1 Å². The first-order valence-corrected chi connectivity index (χ1v) is 16.2. The zero-order valence-electron chi connectivity index (χ0n) is 28.9. The van der Waals surface area contributed by atoms with E-state index < -0.39 is 5.60 Å². The zero-order chi connectivity index (χ0) is 33.1. The van der Waals surface area contributed by atoms with Crippen molar-refractivity contribution in [2.24, 2.45) is 11.8 Å². The van der Waals surface area contributed by atoms with E-state index in [1.807, 2.05) is 50.5 Å². The molecule has 2 aromatic carbocycles. The molecule has 1 aliphatic rings. The van der Waals surface area contributed by atoms with E-state index in [0.717, 1.165) is 26.1 Å². The summed E-state index contributed by atoms with van der Waals surface area (Å²) in [5.41, 5.74) is 1.22. The summed E-state index contributed by atoms with van der Waals surface area (Å²) in [5.74, 6) is 1.40. The molecular weight excluding hydrogens is 570 g/mol. The molecule has 1 aliphatic heterocycles. The third-order valence-electron chi connectivity index (χ3n) is 8.06. The number of hydrogen-bond donors (Lipinski definition) is 0. The second-order valence-electron chi connectivity index (χ2n) is 13.5. The standard InChI is InChI=1S/C36H55N3O6/c1-26(2)38(34(40)29-16-17-32(43-9)33(20-29)44-19-13-18-42-8)24-30-22-37(21-28-14-11-10-12-15-28)23-31(30)25-39(27(3)4)35(41)45-36(5,6)7/h10-12,14-17,20,26-27,30-31H,13,18-19,21-25H2,1-9H3/t30-,31-/m0/s1. The Bertz CT molecular complexity index is 1210. The summed E-state index contributed by atoms with van der Waals surface area (Å²) in [4.78, 5) is 33.6. The number of likely N-dealkylation sites (tertiary alicyclic amines) is 1. The smallest absolute Gasteiger partial charge is 0.410 e. The number of nitrogens with zero attached hydrogens (tertiary/aromatic N) is 3. The first-order valence-electron chi connectivity index (χ1n) is 16.2. The highest BCUT2D eigenvalue weighted by Crippen LogP contribution is 2.32. The van der Waals surface area contributed by atoms with Crippen molar-refractivity contribution < 1.29 is 28.5 Å². The lowest BCUT2D eigenvalue weighted by atomic mass is 9.93. The van der Waals surface area contributed by atoms with Gasteiger partial charge in [0.2, 0.25) is 0 Å². The second-order valence-corrected chi connectivity index (χ2v) is 13.5. The van der Waals surface area contributed by atoms with Crippen molar-refractivity contribution in [1.29, 1.82) is 0 Å². The maximum absolute atomic E-state index is 14.1. The maximum atomic E-state index is 14.1. The molecule has 0 N–H and O–H groups in total. The molecule has 1 saturated heterocycles. The van der Waals surface area contributed by atoms with Crippen LogP contribution in [0.25, 0.3) is 0 Å². The van der Waals surface area contributed by atoms with Gasteiger partial charge < -0.3 is 28.7 Å². The number of carbonyl (C=O) groups is 2. The van der Waals surface area contributed by atoms with Crippen LogP contribution in [0.3, 0.4) is 0 Å². The number of carbonyl (C=O) groups excluding carboxylic acids is 2. The SMILES string of the molecule is COCCCOc1cc(C(=O)N(C[C@@H]2CN(Cc3ccccc3)C[C@H]2CN(C(=O)OC(C)(C)C)C(C)C)C(C)C)ccc1OC. The highest BCUT2D eigenvalue weighted by Gasteiger charge is 2.38. The lowest BCUT2D eigenvalue weighted by molar-refractivity contribution is 0.0137.